The molecule has 16 heavy (non-hydrogen) atoms. The monoisotopic (exact) mass is 230 g/mol. The number of nitrogens with zero attached hydrogens (tertiary/aromatic N) is 1. The molecule has 0 radical (unpaired) electrons. The van der Waals surface area contributed by atoms with Gasteiger partial charge in [0.2, 0.25) is 0 Å². The molecule has 0 spiro atoms. The van der Waals surface area contributed by atoms with Crippen LogP contribution in [0.4, 0.5) is 0 Å². The summed E-state index contributed by atoms with van der Waals surface area (Å²) in [6.07, 6.45) is 1.02. The molecule has 0 aromatic heterocycles. The summed E-state index contributed by atoms with van der Waals surface area (Å²) in [6.45, 7) is 11.0. The van der Waals surface area contributed by atoms with E-state index in [1.165, 1.54) is 7.11 Å². The molecule has 1 N–H and O–H groups in total. The molecule has 0 amide bonds. The first-order chi connectivity index (χ1) is 7.56. The molecule has 0 aromatic rings. The number of carbonyl (C=O) groups excluding carboxylic acids is 1. The molecule has 0 heterocycles. The highest BCUT2D eigenvalue weighted by Crippen LogP contribution is 2.01. The minimum Gasteiger partial charge on any atom is -0.468 e. The predicted molar refractivity (Wildman–Crippen MR) is 66.5 cm³/mol. The van der Waals surface area contributed by atoms with Crippen LogP contribution in [0.3, 0.4) is 0 Å². The number of hydrogen-bond donors (Lipinski definition) is 1. The minimum atomic E-state index is -0.215. The highest BCUT2D eigenvalue weighted by Gasteiger charge is 2.22. The van der Waals surface area contributed by atoms with Crippen molar-refractivity contribution < 1.29 is 9.53 Å². The zero-order valence-corrected chi connectivity index (χ0v) is 11.2. The zero-order valence-electron chi connectivity index (χ0n) is 11.2. The number of nitrogens with one attached hydrogen (secondary N) is 1. The van der Waals surface area contributed by atoms with Gasteiger partial charge in [-0.2, -0.15) is 0 Å². The van der Waals surface area contributed by atoms with Crippen molar-refractivity contribution in [2.75, 3.05) is 26.7 Å². The highest BCUT2D eigenvalue weighted by molar-refractivity contribution is 5.75. The summed E-state index contributed by atoms with van der Waals surface area (Å²) < 4.78 is 4.81. The lowest BCUT2D eigenvalue weighted by Crippen LogP contribution is -2.48. The van der Waals surface area contributed by atoms with E-state index in [1.807, 2.05) is 0 Å². The predicted octanol–water partition coefficient (Wildman–Crippen LogP) is 1.26. The second kappa shape index (κ2) is 8.53. The van der Waals surface area contributed by atoms with Gasteiger partial charge in [-0.1, -0.05) is 13.8 Å². The Labute approximate surface area is 99.3 Å². The molecule has 0 aromatic carbocycles. The molecule has 0 aliphatic rings. The maximum absolute atomic E-state index is 11.6. The summed E-state index contributed by atoms with van der Waals surface area (Å²) in [5.41, 5.74) is 0. The molecular weight excluding hydrogens is 204 g/mol. The molecule has 0 aliphatic carbocycles. The molecule has 0 saturated carbocycles. The average Bonchev–Trinajstić information content (AvgIpc) is 2.28. The fraction of sp³-hybridized carbons (Fsp3) is 0.917. The van der Waals surface area contributed by atoms with Crippen LogP contribution in [0.5, 0.6) is 0 Å². The van der Waals surface area contributed by atoms with Gasteiger partial charge in [-0.25, -0.2) is 0 Å². The van der Waals surface area contributed by atoms with Crippen LogP contribution in [0.1, 0.15) is 34.1 Å². The lowest BCUT2D eigenvalue weighted by atomic mass is 10.2. The number of rotatable bonds is 8. The van der Waals surface area contributed by atoms with Gasteiger partial charge < -0.3 is 10.1 Å². The van der Waals surface area contributed by atoms with E-state index in [-0.39, 0.29) is 12.0 Å². The Morgan fingerprint density at radius 1 is 1.38 bits per heavy atom. The molecule has 0 fully saturated rings. The number of ether oxygens (including phenoxy) is 1. The quantitative estimate of drug-likeness (QED) is 0.637. The van der Waals surface area contributed by atoms with E-state index in [9.17, 15) is 4.79 Å². The summed E-state index contributed by atoms with van der Waals surface area (Å²) in [4.78, 5) is 13.8. The van der Waals surface area contributed by atoms with Gasteiger partial charge >= 0.3 is 5.97 Å². The fourth-order valence-electron chi connectivity index (χ4n) is 1.62. The van der Waals surface area contributed by atoms with Crippen molar-refractivity contribution in [1.82, 2.24) is 10.2 Å². The van der Waals surface area contributed by atoms with Gasteiger partial charge in [-0.15, -0.1) is 0 Å². The first-order valence-electron chi connectivity index (χ1n) is 6.12. The SMILES string of the molecule is CCCNC(CN(CC)C(C)C)C(=O)OC. The van der Waals surface area contributed by atoms with E-state index >= 15 is 0 Å². The van der Waals surface area contributed by atoms with Crippen LogP contribution >= 0.6 is 0 Å². The van der Waals surface area contributed by atoms with Gasteiger partial charge in [-0.3, -0.25) is 9.69 Å². The van der Waals surface area contributed by atoms with Crippen LogP contribution in [0.15, 0.2) is 0 Å². The van der Waals surface area contributed by atoms with E-state index in [2.05, 4.69) is 37.9 Å². The lowest BCUT2D eigenvalue weighted by molar-refractivity contribution is -0.143. The first-order valence-corrected chi connectivity index (χ1v) is 6.12. The van der Waals surface area contributed by atoms with Crippen molar-refractivity contribution in [3.63, 3.8) is 0 Å². The Balaban J connectivity index is 4.33. The summed E-state index contributed by atoms with van der Waals surface area (Å²) in [6, 6.07) is 0.230. The van der Waals surface area contributed by atoms with E-state index in [0.29, 0.717) is 12.6 Å². The van der Waals surface area contributed by atoms with Crippen LogP contribution in [-0.2, 0) is 9.53 Å². The Kier molecular flexibility index (Phi) is 8.21. The van der Waals surface area contributed by atoms with Gasteiger partial charge in [0.05, 0.1) is 7.11 Å². The third-order valence-corrected chi connectivity index (χ3v) is 2.68. The smallest absolute Gasteiger partial charge is 0.324 e. The van der Waals surface area contributed by atoms with Gasteiger partial charge in [0.15, 0.2) is 0 Å². The van der Waals surface area contributed by atoms with Crippen molar-refractivity contribution in [3.05, 3.63) is 0 Å². The maximum Gasteiger partial charge on any atom is 0.324 e. The average molecular weight is 230 g/mol. The van der Waals surface area contributed by atoms with Crippen LogP contribution in [-0.4, -0.2) is 49.7 Å². The summed E-state index contributed by atoms with van der Waals surface area (Å²) in [5, 5.41) is 3.22. The standard InChI is InChI=1S/C12H26N2O2/c1-6-8-13-11(12(15)16-5)9-14(7-2)10(3)4/h10-11,13H,6-9H2,1-5H3. The summed E-state index contributed by atoms with van der Waals surface area (Å²) in [5.74, 6) is -0.174. The molecule has 0 aliphatic heterocycles. The number of esters is 1. The van der Waals surface area contributed by atoms with Gasteiger partial charge in [0.1, 0.15) is 6.04 Å². The second-order valence-electron chi connectivity index (χ2n) is 4.21. The third-order valence-electron chi connectivity index (χ3n) is 2.68. The van der Waals surface area contributed by atoms with E-state index in [4.69, 9.17) is 4.74 Å². The Hall–Kier alpha value is -0.610. The Bertz CT molecular complexity index is 195. The number of likely N-dealkylation sites (N-methyl/N-ethyl adjacent to an activating group) is 1. The van der Waals surface area contributed by atoms with Crippen molar-refractivity contribution in [1.29, 1.82) is 0 Å². The molecule has 96 valence electrons. The van der Waals surface area contributed by atoms with E-state index in [0.717, 1.165) is 19.5 Å². The largest absolute Gasteiger partial charge is 0.468 e. The maximum atomic E-state index is 11.6. The third kappa shape index (κ3) is 5.47. The van der Waals surface area contributed by atoms with Crippen LogP contribution < -0.4 is 5.32 Å². The number of hydrogen-bond acceptors (Lipinski definition) is 4. The van der Waals surface area contributed by atoms with Crippen molar-refractivity contribution in [2.24, 2.45) is 0 Å². The van der Waals surface area contributed by atoms with E-state index in [1.54, 1.807) is 0 Å². The Morgan fingerprint density at radius 2 is 2.00 bits per heavy atom. The lowest BCUT2D eigenvalue weighted by Gasteiger charge is -2.28. The minimum absolute atomic E-state index is 0.174. The van der Waals surface area contributed by atoms with E-state index < -0.39 is 0 Å². The van der Waals surface area contributed by atoms with Gasteiger partial charge in [-0.05, 0) is 33.4 Å². The molecule has 4 nitrogen and oxygen atoms in total. The van der Waals surface area contributed by atoms with Crippen LogP contribution in [0.25, 0.3) is 0 Å². The molecule has 1 unspecified atom stereocenters. The van der Waals surface area contributed by atoms with Gasteiger partial charge in [0.25, 0.3) is 0 Å². The topological polar surface area (TPSA) is 41.6 Å². The summed E-state index contributed by atoms with van der Waals surface area (Å²) in [7, 11) is 1.44. The molecule has 1 atom stereocenters. The summed E-state index contributed by atoms with van der Waals surface area (Å²) >= 11 is 0. The molecule has 0 bridgehead atoms. The number of carbonyl (C=O) groups is 1. The second-order valence-corrected chi connectivity index (χ2v) is 4.21. The zero-order chi connectivity index (χ0) is 12.6. The van der Waals surface area contributed by atoms with Crippen LogP contribution in [0.2, 0.25) is 0 Å². The van der Waals surface area contributed by atoms with Crippen LogP contribution in [0, 0.1) is 0 Å². The normalized spacial score (nSPS) is 13.2. The van der Waals surface area contributed by atoms with Crippen molar-refractivity contribution in [2.45, 2.75) is 46.2 Å². The first kappa shape index (κ1) is 15.4. The van der Waals surface area contributed by atoms with Crippen molar-refractivity contribution in [3.8, 4) is 0 Å². The van der Waals surface area contributed by atoms with Crippen molar-refractivity contribution >= 4 is 5.97 Å². The Morgan fingerprint density at radius 3 is 2.38 bits per heavy atom. The molecule has 4 heteroatoms. The fourth-order valence-corrected chi connectivity index (χ4v) is 1.62. The molecule has 0 rings (SSSR count). The molecular formula is C12H26N2O2. The van der Waals surface area contributed by atoms with Gasteiger partial charge in [0, 0.05) is 12.6 Å². The molecule has 0 saturated heterocycles. The number of methoxy groups -OCH3 is 1. The highest BCUT2D eigenvalue weighted by atomic mass is 16.5.